The first-order valence-electron chi connectivity index (χ1n) is 19.8. The maximum Gasteiger partial charge on any atom is 0.260 e. The lowest BCUT2D eigenvalue weighted by Gasteiger charge is -2.19. The van der Waals surface area contributed by atoms with Crippen molar-refractivity contribution in [1.29, 1.82) is 0 Å². The average Bonchev–Trinajstić information content (AvgIpc) is 3.86. The first-order chi connectivity index (χ1) is 28.9. The Morgan fingerprint density at radius 1 is 0.542 bits per heavy atom. The molecular weight excluding hydrogens is 741 g/mol. The molecule has 0 spiro atoms. The summed E-state index contributed by atoms with van der Waals surface area (Å²) in [7, 11) is 3.11. The van der Waals surface area contributed by atoms with E-state index in [2.05, 4.69) is 60.7 Å². The molecule has 10 nitrogen and oxygen atoms in total. The highest BCUT2D eigenvalue weighted by Crippen LogP contribution is 2.42. The molecule has 0 saturated heterocycles. The number of methoxy groups -OCH3 is 2. The Morgan fingerprint density at radius 2 is 0.983 bits per heavy atom. The van der Waals surface area contributed by atoms with Crippen LogP contribution >= 0.6 is 0 Å². The minimum Gasteiger partial charge on any atom is -0.493 e. The molecule has 0 unspecified atom stereocenters. The van der Waals surface area contributed by atoms with Crippen molar-refractivity contribution in [2.24, 2.45) is 9.98 Å². The van der Waals surface area contributed by atoms with Crippen LogP contribution in [0.15, 0.2) is 132 Å². The fourth-order valence-electron chi connectivity index (χ4n) is 8.34. The van der Waals surface area contributed by atoms with Gasteiger partial charge in [0.15, 0.2) is 23.0 Å². The van der Waals surface area contributed by atoms with Crippen molar-refractivity contribution >= 4 is 68.3 Å². The Bertz CT molecular complexity index is 2630. The number of carbonyl (C=O) groups excluding carboxylic acids is 2. The number of nitrogens with zero attached hydrogens (tertiary/aromatic N) is 4. The number of hydrogen-bond donors (Lipinski definition) is 0. The van der Waals surface area contributed by atoms with Gasteiger partial charge in [0, 0.05) is 56.2 Å². The van der Waals surface area contributed by atoms with E-state index in [4.69, 9.17) is 28.9 Å². The Hall–Kier alpha value is -7.20. The van der Waals surface area contributed by atoms with Gasteiger partial charge in [-0.1, -0.05) is 72.8 Å². The molecule has 6 aromatic carbocycles. The lowest BCUT2D eigenvalue weighted by atomic mass is 9.99. The molecule has 0 saturated carbocycles. The highest BCUT2D eigenvalue weighted by atomic mass is 16.5. The fourth-order valence-corrected chi connectivity index (χ4v) is 8.34. The third kappa shape index (κ3) is 6.66. The number of ether oxygens (including phenoxy) is 4. The summed E-state index contributed by atoms with van der Waals surface area (Å²) in [6.07, 6.45) is 9.44. The molecule has 2 atom stereocenters. The molecule has 0 bridgehead atoms. The van der Waals surface area contributed by atoms with Crippen LogP contribution in [0.3, 0.4) is 0 Å². The molecule has 10 rings (SSSR count). The second-order valence-electron chi connectivity index (χ2n) is 15.0. The summed E-state index contributed by atoms with van der Waals surface area (Å²) in [5.74, 6) is 1.58. The first-order valence-corrected chi connectivity index (χ1v) is 19.8. The summed E-state index contributed by atoms with van der Waals surface area (Å²) >= 11 is 0. The van der Waals surface area contributed by atoms with Crippen LogP contribution in [-0.4, -0.2) is 73.6 Å². The zero-order chi connectivity index (χ0) is 40.0. The van der Waals surface area contributed by atoms with Gasteiger partial charge in [-0.25, -0.2) is 0 Å². The molecule has 2 amide bonds. The van der Waals surface area contributed by atoms with Gasteiger partial charge in [-0.15, -0.1) is 0 Å². The number of amides is 2. The summed E-state index contributed by atoms with van der Waals surface area (Å²) < 4.78 is 23.7. The van der Waals surface area contributed by atoms with E-state index in [1.54, 1.807) is 48.3 Å². The van der Waals surface area contributed by atoms with Crippen LogP contribution in [0.4, 0.5) is 11.4 Å². The zero-order valence-electron chi connectivity index (χ0n) is 32.6. The van der Waals surface area contributed by atoms with Crippen molar-refractivity contribution in [2.75, 3.05) is 27.4 Å². The Kier molecular flexibility index (Phi) is 9.16. The maximum atomic E-state index is 13.9. The molecule has 4 aliphatic rings. The van der Waals surface area contributed by atoms with E-state index in [1.807, 2.05) is 49.1 Å². The van der Waals surface area contributed by atoms with Gasteiger partial charge < -0.3 is 28.7 Å². The van der Waals surface area contributed by atoms with Crippen molar-refractivity contribution < 1.29 is 28.5 Å². The molecule has 0 aliphatic carbocycles. The molecule has 0 aromatic heterocycles. The van der Waals surface area contributed by atoms with Crippen molar-refractivity contribution in [1.82, 2.24) is 9.80 Å². The Morgan fingerprint density at radius 3 is 1.42 bits per heavy atom. The van der Waals surface area contributed by atoms with Crippen LogP contribution in [0.5, 0.6) is 23.0 Å². The predicted molar refractivity (Wildman–Crippen MR) is 231 cm³/mol. The second kappa shape index (κ2) is 14.9. The highest BCUT2D eigenvalue weighted by Gasteiger charge is 2.35. The lowest BCUT2D eigenvalue weighted by molar-refractivity contribution is 0.0809. The Labute approximate surface area is 341 Å². The van der Waals surface area contributed by atoms with Crippen LogP contribution in [0.1, 0.15) is 51.1 Å². The van der Waals surface area contributed by atoms with Crippen LogP contribution in [-0.2, 0) is 0 Å². The molecule has 10 heteroatoms. The predicted octanol–water partition coefficient (Wildman–Crippen LogP) is 9.80. The van der Waals surface area contributed by atoms with Gasteiger partial charge >= 0.3 is 0 Å². The number of aliphatic imine (C=N–C) groups is 2. The maximum absolute atomic E-state index is 13.9. The van der Waals surface area contributed by atoms with Crippen LogP contribution < -0.4 is 18.9 Å². The highest BCUT2D eigenvalue weighted by molar-refractivity contribution is 6.07. The first kappa shape index (κ1) is 36.2. The van der Waals surface area contributed by atoms with Gasteiger partial charge in [0.25, 0.3) is 11.8 Å². The molecule has 0 fully saturated rings. The van der Waals surface area contributed by atoms with Gasteiger partial charge in [0.2, 0.25) is 0 Å². The molecule has 4 aliphatic heterocycles. The number of benzene rings is 6. The van der Waals surface area contributed by atoms with E-state index in [-0.39, 0.29) is 23.9 Å². The van der Waals surface area contributed by atoms with Gasteiger partial charge in [-0.2, -0.15) is 0 Å². The van der Waals surface area contributed by atoms with Crippen LogP contribution in [0.25, 0.3) is 32.7 Å². The van der Waals surface area contributed by atoms with Gasteiger partial charge in [0.05, 0.1) is 62.0 Å². The van der Waals surface area contributed by atoms with Crippen LogP contribution in [0.2, 0.25) is 0 Å². The molecule has 0 radical (unpaired) electrons. The molecule has 292 valence electrons. The smallest absolute Gasteiger partial charge is 0.260 e. The fraction of sp³-hybridized carbons (Fsp3) is 0.184. The number of rotatable bonds is 10. The number of fused-ring (bicyclic) bond motifs is 6. The quantitative estimate of drug-likeness (QED) is 0.128. The van der Waals surface area contributed by atoms with Gasteiger partial charge in [-0.05, 0) is 68.1 Å². The summed E-state index contributed by atoms with van der Waals surface area (Å²) in [5, 5.41) is 4.68. The minimum absolute atomic E-state index is 0.139. The van der Waals surface area contributed by atoms with Gasteiger partial charge in [-0.3, -0.25) is 19.6 Å². The van der Waals surface area contributed by atoms with Crippen molar-refractivity contribution in [3.63, 3.8) is 0 Å². The minimum atomic E-state index is -0.194. The SMILES string of the molecule is COc1cc2c(cc1OCCCOc1cc3c(cc1OC)C(=O)N1C=C(c4ccc5ccccc5c4)C[C@H]1C=N3)N=C[C@@H]1CC(c3ccc4ccccc4c3)=CN1C2=O. The van der Waals surface area contributed by atoms with E-state index in [0.29, 0.717) is 78.0 Å². The summed E-state index contributed by atoms with van der Waals surface area (Å²) in [6.45, 7) is 0.623. The summed E-state index contributed by atoms with van der Waals surface area (Å²) in [4.78, 5) is 40.8. The monoisotopic (exact) mass is 780 g/mol. The largest absolute Gasteiger partial charge is 0.493 e. The molecule has 59 heavy (non-hydrogen) atoms. The van der Waals surface area contributed by atoms with E-state index >= 15 is 0 Å². The van der Waals surface area contributed by atoms with E-state index < -0.39 is 0 Å². The molecular formula is C49H40N4O6. The summed E-state index contributed by atoms with van der Waals surface area (Å²) in [5.41, 5.74) is 6.33. The Balaban J connectivity index is 0.791. The lowest BCUT2D eigenvalue weighted by Crippen LogP contribution is -2.32. The van der Waals surface area contributed by atoms with Gasteiger partial charge in [0.1, 0.15) is 0 Å². The van der Waals surface area contributed by atoms with E-state index in [9.17, 15) is 9.59 Å². The van der Waals surface area contributed by atoms with Crippen molar-refractivity contribution in [3.8, 4) is 23.0 Å². The second-order valence-corrected chi connectivity index (χ2v) is 15.0. The summed E-state index contributed by atoms with van der Waals surface area (Å²) in [6, 6.07) is 35.9. The topological polar surface area (TPSA) is 102 Å². The molecule has 4 heterocycles. The van der Waals surface area contributed by atoms with E-state index in [1.165, 1.54) is 10.8 Å². The van der Waals surface area contributed by atoms with Crippen molar-refractivity contribution in [2.45, 2.75) is 31.3 Å². The van der Waals surface area contributed by atoms with Crippen LogP contribution in [0, 0.1) is 0 Å². The van der Waals surface area contributed by atoms with Crippen molar-refractivity contribution in [3.05, 3.63) is 144 Å². The number of carbonyl (C=O) groups is 2. The zero-order valence-corrected chi connectivity index (χ0v) is 32.6. The van der Waals surface area contributed by atoms with E-state index in [0.717, 1.165) is 33.0 Å². The normalized spacial score (nSPS) is 17.8. The number of hydrogen-bond acceptors (Lipinski definition) is 8. The molecule has 0 N–H and O–H groups in total. The third-order valence-corrected chi connectivity index (χ3v) is 11.5. The average molecular weight is 781 g/mol. The third-order valence-electron chi connectivity index (χ3n) is 11.5. The standard InChI is InChI=1S/C49H40N4O6/c1-56-44-22-40-42(50-26-38-20-36(28-52(38)48(40)54)34-14-12-30-8-3-5-10-32(30)18-34)24-46(44)58-16-7-17-59-47-25-43-41(23-45(47)57-2)49(55)53-29-37(21-39(53)27-51-43)35-15-13-31-9-4-6-11-33(31)19-35/h3-6,8-15,18-19,22-29,38-39H,7,16-17,20-21H2,1-2H3/t38-,39-/m0/s1. The molecule has 6 aromatic rings.